The number of aliphatic hydroxyl groups is 1. The summed E-state index contributed by atoms with van der Waals surface area (Å²) in [6.45, 7) is 5.18. The number of carbonyl (C=O) groups excluding carboxylic acids is 1. The number of fused-ring (bicyclic) bond motifs is 2. The maximum atomic E-state index is 12.6. The van der Waals surface area contributed by atoms with Crippen molar-refractivity contribution in [2.45, 2.75) is 58.2 Å². The first-order valence-electron chi connectivity index (χ1n) is 9.29. The second-order valence-corrected chi connectivity index (χ2v) is 8.14. The summed E-state index contributed by atoms with van der Waals surface area (Å²) in [6.07, 6.45) is 7.03. The Morgan fingerprint density at radius 1 is 1.28 bits per heavy atom. The van der Waals surface area contributed by atoms with Crippen LogP contribution >= 0.6 is 0 Å². The fourth-order valence-corrected chi connectivity index (χ4v) is 4.57. The average Bonchev–Trinajstić information content (AvgIpc) is 3.19. The van der Waals surface area contributed by atoms with Crippen molar-refractivity contribution in [2.24, 2.45) is 17.8 Å². The van der Waals surface area contributed by atoms with Crippen LogP contribution in [-0.2, 0) is 6.54 Å². The number of imidazole rings is 1. The largest absolute Gasteiger partial charge is 0.393 e. The van der Waals surface area contributed by atoms with Gasteiger partial charge in [-0.1, -0.05) is 13.8 Å². The maximum absolute atomic E-state index is 12.6. The molecule has 2 unspecified atom stereocenters. The lowest BCUT2D eigenvalue weighted by Crippen LogP contribution is -2.33. The highest BCUT2D eigenvalue weighted by atomic mass is 16.3. The van der Waals surface area contributed by atoms with E-state index in [-0.39, 0.29) is 18.1 Å². The van der Waals surface area contributed by atoms with Gasteiger partial charge in [-0.25, -0.2) is 9.97 Å². The van der Waals surface area contributed by atoms with Gasteiger partial charge in [-0.2, -0.15) is 0 Å². The fourth-order valence-electron chi connectivity index (χ4n) is 4.57. The van der Waals surface area contributed by atoms with Crippen LogP contribution in [-0.4, -0.2) is 37.7 Å². The molecule has 134 valence electrons. The van der Waals surface area contributed by atoms with Crippen molar-refractivity contribution in [1.82, 2.24) is 19.9 Å². The molecule has 0 aromatic carbocycles. The van der Waals surface area contributed by atoms with Crippen LogP contribution in [0.25, 0.3) is 11.2 Å². The van der Waals surface area contributed by atoms with Gasteiger partial charge in [-0.3, -0.25) is 4.79 Å². The van der Waals surface area contributed by atoms with Crippen LogP contribution in [0.3, 0.4) is 0 Å². The van der Waals surface area contributed by atoms with E-state index in [1.165, 1.54) is 0 Å². The van der Waals surface area contributed by atoms with E-state index in [1.54, 1.807) is 12.5 Å². The smallest absolute Gasteiger partial charge is 0.253 e. The summed E-state index contributed by atoms with van der Waals surface area (Å²) in [5, 5.41) is 12.9. The third-order valence-corrected chi connectivity index (χ3v) is 5.61. The monoisotopic (exact) mass is 342 g/mol. The molecule has 4 atom stereocenters. The number of amides is 1. The van der Waals surface area contributed by atoms with Gasteiger partial charge in [0.25, 0.3) is 5.91 Å². The molecule has 0 aliphatic heterocycles. The first-order valence-corrected chi connectivity index (χ1v) is 9.29. The van der Waals surface area contributed by atoms with Gasteiger partial charge in [0, 0.05) is 18.8 Å². The zero-order valence-electron chi connectivity index (χ0n) is 14.9. The van der Waals surface area contributed by atoms with Crippen LogP contribution in [0.5, 0.6) is 0 Å². The van der Waals surface area contributed by atoms with E-state index in [0.29, 0.717) is 23.3 Å². The van der Waals surface area contributed by atoms with Crippen molar-refractivity contribution in [2.75, 3.05) is 0 Å². The van der Waals surface area contributed by atoms with Crippen molar-refractivity contribution in [1.29, 1.82) is 0 Å². The van der Waals surface area contributed by atoms with Gasteiger partial charge in [-0.05, 0) is 49.5 Å². The predicted octanol–water partition coefficient (Wildman–Crippen LogP) is 2.37. The van der Waals surface area contributed by atoms with E-state index >= 15 is 0 Å². The van der Waals surface area contributed by atoms with E-state index in [2.05, 4.69) is 29.1 Å². The van der Waals surface area contributed by atoms with Gasteiger partial charge in [-0.15, -0.1) is 0 Å². The first kappa shape index (κ1) is 16.5. The van der Waals surface area contributed by atoms with E-state index in [1.807, 2.05) is 10.6 Å². The third-order valence-electron chi connectivity index (χ3n) is 5.61. The minimum absolute atomic E-state index is 0.0710. The SMILES string of the molecule is CC(C)Cn1cnc2cc(C(=O)NC3C[C@H]4CC(O)C[C@H]4C3)cnc21. The van der Waals surface area contributed by atoms with E-state index in [0.717, 1.165) is 43.4 Å². The summed E-state index contributed by atoms with van der Waals surface area (Å²) < 4.78 is 2.03. The van der Waals surface area contributed by atoms with Crippen LogP contribution in [0.1, 0.15) is 49.9 Å². The lowest BCUT2D eigenvalue weighted by Gasteiger charge is -2.14. The van der Waals surface area contributed by atoms with Crippen LogP contribution in [0.4, 0.5) is 0 Å². The summed E-state index contributed by atoms with van der Waals surface area (Å²) in [6, 6.07) is 2.04. The molecule has 0 saturated heterocycles. The molecule has 0 bridgehead atoms. The lowest BCUT2D eigenvalue weighted by molar-refractivity contribution is 0.0934. The topological polar surface area (TPSA) is 80.0 Å². The zero-order valence-corrected chi connectivity index (χ0v) is 14.9. The highest BCUT2D eigenvalue weighted by Gasteiger charge is 2.41. The van der Waals surface area contributed by atoms with Gasteiger partial charge < -0.3 is 15.0 Å². The number of nitrogens with one attached hydrogen (secondary N) is 1. The van der Waals surface area contributed by atoms with Gasteiger partial charge in [0.15, 0.2) is 5.65 Å². The summed E-state index contributed by atoms with van der Waals surface area (Å²) in [7, 11) is 0. The molecule has 4 rings (SSSR count). The summed E-state index contributed by atoms with van der Waals surface area (Å²) in [5.74, 6) is 1.57. The summed E-state index contributed by atoms with van der Waals surface area (Å²) in [4.78, 5) is 21.4. The van der Waals surface area contributed by atoms with E-state index < -0.39 is 0 Å². The van der Waals surface area contributed by atoms with Crippen molar-refractivity contribution >= 4 is 17.1 Å². The number of nitrogens with zero attached hydrogens (tertiary/aromatic N) is 3. The Hall–Kier alpha value is -1.95. The van der Waals surface area contributed by atoms with Crippen LogP contribution in [0.2, 0.25) is 0 Å². The maximum Gasteiger partial charge on any atom is 0.253 e. The molecule has 25 heavy (non-hydrogen) atoms. The van der Waals surface area contributed by atoms with E-state index in [4.69, 9.17) is 0 Å². The van der Waals surface area contributed by atoms with Gasteiger partial charge >= 0.3 is 0 Å². The molecular formula is C19H26N4O2. The van der Waals surface area contributed by atoms with Gasteiger partial charge in [0.1, 0.15) is 5.52 Å². The number of aromatic nitrogens is 3. The molecule has 2 N–H and O–H groups in total. The second kappa shape index (κ2) is 6.41. The zero-order chi connectivity index (χ0) is 17.6. The van der Waals surface area contributed by atoms with Crippen LogP contribution in [0.15, 0.2) is 18.6 Å². The molecule has 6 heteroatoms. The number of carbonyl (C=O) groups is 1. The number of rotatable bonds is 4. The van der Waals surface area contributed by atoms with Crippen molar-refractivity contribution < 1.29 is 9.90 Å². The molecule has 2 saturated carbocycles. The lowest BCUT2D eigenvalue weighted by atomic mass is 10.0. The van der Waals surface area contributed by atoms with Crippen LogP contribution in [0, 0.1) is 17.8 Å². The molecular weight excluding hydrogens is 316 g/mol. The highest BCUT2D eigenvalue weighted by molar-refractivity contribution is 5.96. The number of hydrogen-bond acceptors (Lipinski definition) is 4. The molecule has 2 aromatic heterocycles. The predicted molar refractivity (Wildman–Crippen MR) is 95.1 cm³/mol. The molecule has 1 amide bonds. The van der Waals surface area contributed by atoms with Crippen molar-refractivity contribution in [3.8, 4) is 0 Å². The highest BCUT2D eigenvalue weighted by Crippen LogP contribution is 2.44. The second-order valence-electron chi connectivity index (χ2n) is 8.14. The molecule has 2 fully saturated rings. The molecule has 2 aliphatic carbocycles. The molecule has 2 heterocycles. The summed E-state index contributed by atoms with van der Waals surface area (Å²) >= 11 is 0. The molecule has 0 spiro atoms. The normalized spacial score (nSPS) is 28.6. The molecule has 2 aromatic rings. The number of hydrogen-bond donors (Lipinski definition) is 2. The average molecular weight is 342 g/mol. The molecule has 0 radical (unpaired) electrons. The van der Waals surface area contributed by atoms with E-state index in [9.17, 15) is 9.90 Å². The van der Waals surface area contributed by atoms with Crippen molar-refractivity contribution in [3.05, 3.63) is 24.2 Å². The van der Waals surface area contributed by atoms with Crippen LogP contribution < -0.4 is 5.32 Å². The Morgan fingerprint density at radius 3 is 2.68 bits per heavy atom. The minimum Gasteiger partial charge on any atom is -0.393 e. The fraction of sp³-hybridized carbons (Fsp3) is 0.632. The Kier molecular flexibility index (Phi) is 4.23. The van der Waals surface area contributed by atoms with Gasteiger partial charge in [0.05, 0.1) is 18.0 Å². The quantitative estimate of drug-likeness (QED) is 0.894. The standard InChI is InChI=1S/C19H26N4O2/c1-11(2)9-23-10-21-17-7-14(8-20-18(17)23)19(25)22-15-3-12-5-16(24)6-13(12)4-15/h7-8,10-13,15-16,24H,3-6,9H2,1-2H3,(H,22,25)/t12-,13+,15?,16?. The minimum atomic E-state index is -0.140. The Labute approximate surface area is 147 Å². The Morgan fingerprint density at radius 2 is 2.00 bits per heavy atom. The summed E-state index contributed by atoms with van der Waals surface area (Å²) in [5.41, 5.74) is 2.16. The van der Waals surface area contributed by atoms with Crippen molar-refractivity contribution in [3.63, 3.8) is 0 Å². The molecule has 6 nitrogen and oxygen atoms in total. The number of aliphatic hydroxyl groups excluding tert-OH is 1. The Bertz CT molecular complexity index is 771. The third kappa shape index (κ3) is 3.27. The number of pyridine rings is 1. The first-order chi connectivity index (χ1) is 12.0. The Balaban J connectivity index is 1.44. The van der Waals surface area contributed by atoms with Gasteiger partial charge in [0.2, 0.25) is 0 Å². The molecule has 2 aliphatic rings.